The van der Waals surface area contributed by atoms with Gasteiger partial charge >= 0.3 is 0 Å². The maximum atomic E-state index is 4.69. The molecule has 21 heavy (non-hydrogen) atoms. The summed E-state index contributed by atoms with van der Waals surface area (Å²) in [6.07, 6.45) is 1.87. The third kappa shape index (κ3) is 3.33. The zero-order valence-corrected chi connectivity index (χ0v) is 13.4. The average Bonchev–Trinajstić information content (AvgIpc) is 3.01. The van der Waals surface area contributed by atoms with Crippen molar-refractivity contribution in [2.24, 2.45) is 0 Å². The summed E-state index contributed by atoms with van der Waals surface area (Å²) in [6, 6.07) is 4.34. The molecular weight excluding hydrogens is 282 g/mol. The zero-order valence-electron chi connectivity index (χ0n) is 12.5. The predicted molar refractivity (Wildman–Crippen MR) is 88.3 cm³/mol. The molecule has 2 aromatic heterocycles. The van der Waals surface area contributed by atoms with Crippen LogP contribution in [0.4, 0.5) is 10.9 Å². The van der Waals surface area contributed by atoms with Gasteiger partial charge in [-0.15, -0.1) is 11.3 Å². The lowest BCUT2D eigenvalue weighted by Gasteiger charge is -2.35. The van der Waals surface area contributed by atoms with Crippen molar-refractivity contribution in [1.82, 2.24) is 15.3 Å². The maximum Gasteiger partial charge on any atom is 0.185 e. The maximum absolute atomic E-state index is 4.69. The Kier molecular flexibility index (Phi) is 4.36. The van der Waals surface area contributed by atoms with Gasteiger partial charge in [0.2, 0.25) is 0 Å². The van der Waals surface area contributed by atoms with Gasteiger partial charge in [0.1, 0.15) is 5.82 Å². The van der Waals surface area contributed by atoms with E-state index in [0.717, 1.165) is 49.4 Å². The largest absolute Gasteiger partial charge is 0.353 e. The number of nitrogens with one attached hydrogen (secondary N) is 1. The topological polar surface area (TPSA) is 44.3 Å². The van der Waals surface area contributed by atoms with E-state index in [9.17, 15) is 0 Å². The number of aromatic nitrogens is 2. The molecule has 3 heterocycles. The number of aryl methyl sites for hydroxylation is 1. The number of hydrogen-bond donors (Lipinski definition) is 1. The highest BCUT2D eigenvalue weighted by atomic mass is 32.1. The molecule has 1 fully saturated rings. The van der Waals surface area contributed by atoms with Crippen LogP contribution in [0, 0.1) is 6.92 Å². The molecule has 0 aromatic carbocycles. The van der Waals surface area contributed by atoms with Crippen LogP contribution in [0.25, 0.3) is 0 Å². The number of piperazine rings is 1. The molecular formula is C15H21N5S. The molecule has 2 aromatic rings. The van der Waals surface area contributed by atoms with Gasteiger partial charge < -0.3 is 15.1 Å². The second-order valence-electron chi connectivity index (χ2n) is 5.29. The fourth-order valence-electron chi connectivity index (χ4n) is 2.69. The van der Waals surface area contributed by atoms with Crippen LogP contribution >= 0.6 is 11.3 Å². The standard InChI is InChI=1S/C15H21N5S/c1-12-9-13(11-16-2)10-14(18-12)19-4-6-20(7-5-19)15-17-3-8-21-15/h3,8-10,16H,4-7,11H2,1-2H3. The van der Waals surface area contributed by atoms with Gasteiger partial charge in [-0.05, 0) is 31.7 Å². The summed E-state index contributed by atoms with van der Waals surface area (Å²) < 4.78 is 0. The lowest BCUT2D eigenvalue weighted by atomic mass is 10.2. The second kappa shape index (κ2) is 6.41. The normalized spacial score (nSPS) is 15.5. The van der Waals surface area contributed by atoms with Gasteiger partial charge in [-0.3, -0.25) is 0 Å². The van der Waals surface area contributed by atoms with E-state index in [-0.39, 0.29) is 0 Å². The number of hydrogen-bond acceptors (Lipinski definition) is 6. The number of nitrogens with zero attached hydrogens (tertiary/aromatic N) is 4. The van der Waals surface area contributed by atoms with E-state index in [1.807, 2.05) is 18.6 Å². The summed E-state index contributed by atoms with van der Waals surface area (Å²) in [4.78, 5) is 13.8. The number of pyridine rings is 1. The number of rotatable bonds is 4. The van der Waals surface area contributed by atoms with E-state index in [2.05, 4.69) is 39.2 Å². The summed E-state index contributed by atoms with van der Waals surface area (Å²) in [5, 5.41) is 6.37. The summed E-state index contributed by atoms with van der Waals surface area (Å²) in [5.41, 5.74) is 2.38. The molecule has 1 N–H and O–H groups in total. The van der Waals surface area contributed by atoms with Crippen LogP contribution in [0.3, 0.4) is 0 Å². The first-order valence-corrected chi connectivity index (χ1v) is 8.16. The summed E-state index contributed by atoms with van der Waals surface area (Å²) in [7, 11) is 1.97. The summed E-state index contributed by atoms with van der Waals surface area (Å²) in [5.74, 6) is 1.10. The van der Waals surface area contributed by atoms with Crippen LogP contribution in [0.1, 0.15) is 11.3 Å². The van der Waals surface area contributed by atoms with Gasteiger partial charge in [0.05, 0.1) is 0 Å². The third-order valence-corrected chi connectivity index (χ3v) is 4.51. The van der Waals surface area contributed by atoms with E-state index in [0.29, 0.717) is 0 Å². The molecule has 0 bridgehead atoms. The molecule has 1 aliphatic heterocycles. The van der Waals surface area contributed by atoms with Crippen LogP contribution in [-0.2, 0) is 6.54 Å². The SMILES string of the molecule is CNCc1cc(C)nc(N2CCN(c3nccs3)CC2)c1. The molecule has 112 valence electrons. The minimum atomic E-state index is 0.884. The van der Waals surface area contributed by atoms with Crippen LogP contribution in [0.2, 0.25) is 0 Å². The van der Waals surface area contributed by atoms with Crippen LogP contribution < -0.4 is 15.1 Å². The highest BCUT2D eigenvalue weighted by Crippen LogP contribution is 2.22. The van der Waals surface area contributed by atoms with Crippen molar-refractivity contribution < 1.29 is 0 Å². The Labute approximate surface area is 129 Å². The highest BCUT2D eigenvalue weighted by molar-refractivity contribution is 7.13. The van der Waals surface area contributed by atoms with E-state index in [1.54, 1.807) is 11.3 Å². The average molecular weight is 303 g/mol. The molecule has 5 nitrogen and oxygen atoms in total. The van der Waals surface area contributed by atoms with Crippen molar-refractivity contribution >= 4 is 22.3 Å². The predicted octanol–water partition coefficient (Wildman–Crippen LogP) is 1.89. The van der Waals surface area contributed by atoms with Gasteiger partial charge in [0, 0.05) is 50.0 Å². The quantitative estimate of drug-likeness (QED) is 0.934. The van der Waals surface area contributed by atoms with Gasteiger partial charge in [-0.25, -0.2) is 9.97 Å². The van der Waals surface area contributed by atoms with Crippen molar-refractivity contribution in [3.63, 3.8) is 0 Å². The Bertz CT molecular complexity index is 576. The minimum absolute atomic E-state index is 0.884. The second-order valence-corrected chi connectivity index (χ2v) is 6.17. The van der Waals surface area contributed by atoms with Gasteiger partial charge in [0.15, 0.2) is 5.13 Å². The van der Waals surface area contributed by atoms with Crippen molar-refractivity contribution in [2.75, 3.05) is 43.0 Å². The Morgan fingerprint density at radius 1 is 1.19 bits per heavy atom. The molecule has 0 saturated carbocycles. The summed E-state index contributed by atoms with van der Waals surface area (Å²) >= 11 is 1.71. The Morgan fingerprint density at radius 3 is 2.62 bits per heavy atom. The lowest BCUT2D eigenvalue weighted by molar-refractivity contribution is 0.644. The molecule has 1 aliphatic rings. The fourth-order valence-corrected chi connectivity index (χ4v) is 3.38. The lowest BCUT2D eigenvalue weighted by Crippen LogP contribution is -2.46. The molecule has 3 rings (SSSR count). The first-order valence-electron chi connectivity index (χ1n) is 7.28. The smallest absolute Gasteiger partial charge is 0.185 e. The fraction of sp³-hybridized carbons (Fsp3) is 0.467. The van der Waals surface area contributed by atoms with Crippen molar-refractivity contribution in [2.45, 2.75) is 13.5 Å². The number of anilines is 2. The number of thiazole rings is 1. The molecule has 0 aliphatic carbocycles. The van der Waals surface area contributed by atoms with Crippen molar-refractivity contribution in [3.8, 4) is 0 Å². The van der Waals surface area contributed by atoms with Crippen molar-refractivity contribution in [1.29, 1.82) is 0 Å². The van der Waals surface area contributed by atoms with Crippen LogP contribution in [-0.4, -0.2) is 43.2 Å². The molecule has 0 amide bonds. The highest BCUT2D eigenvalue weighted by Gasteiger charge is 2.20. The van der Waals surface area contributed by atoms with Crippen molar-refractivity contribution in [3.05, 3.63) is 35.0 Å². The first-order chi connectivity index (χ1) is 10.3. The molecule has 0 spiro atoms. The van der Waals surface area contributed by atoms with Gasteiger partial charge in [-0.2, -0.15) is 0 Å². The zero-order chi connectivity index (χ0) is 14.7. The third-order valence-electron chi connectivity index (χ3n) is 3.67. The van der Waals surface area contributed by atoms with E-state index in [1.165, 1.54) is 5.56 Å². The Balaban J connectivity index is 1.69. The van der Waals surface area contributed by atoms with Gasteiger partial charge in [0.25, 0.3) is 0 Å². The molecule has 0 atom stereocenters. The van der Waals surface area contributed by atoms with Crippen LogP contribution in [0.5, 0.6) is 0 Å². The molecule has 0 unspecified atom stereocenters. The van der Waals surface area contributed by atoms with E-state index in [4.69, 9.17) is 4.98 Å². The Morgan fingerprint density at radius 2 is 1.95 bits per heavy atom. The first kappa shape index (κ1) is 14.3. The van der Waals surface area contributed by atoms with E-state index < -0.39 is 0 Å². The Hall–Kier alpha value is -1.66. The molecule has 6 heteroatoms. The molecule has 0 radical (unpaired) electrons. The minimum Gasteiger partial charge on any atom is -0.353 e. The van der Waals surface area contributed by atoms with E-state index >= 15 is 0 Å². The molecule has 1 saturated heterocycles. The monoisotopic (exact) mass is 303 g/mol. The van der Waals surface area contributed by atoms with Crippen LogP contribution in [0.15, 0.2) is 23.7 Å². The summed E-state index contributed by atoms with van der Waals surface area (Å²) in [6.45, 7) is 6.95. The van der Waals surface area contributed by atoms with Gasteiger partial charge in [-0.1, -0.05) is 0 Å².